The van der Waals surface area contributed by atoms with Crippen LogP contribution in [0, 0.1) is 10.1 Å². The summed E-state index contributed by atoms with van der Waals surface area (Å²) in [5.74, 6) is 0. The molecule has 0 spiro atoms. The van der Waals surface area contributed by atoms with Crippen LogP contribution in [-0.4, -0.2) is 11.5 Å². The fraction of sp³-hybridized carbons (Fsp3) is 0.556. The van der Waals surface area contributed by atoms with Crippen molar-refractivity contribution in [1.82, 2.24) is 0 Å². The molecule has 0 saturated heterocycles. The molecule has 0 amide bonds. The lowest BCUT2D eigenvalue weighted by Gasteiger charge is -2.07. The molecule has 92 valence electrons. The normalized spacial score (nSPS) is 11.9. The molecule has 0 aliphatic rings. The first-order chi connectivity index (χ1) is 7.15. The van der Waals surface area contributed by atoms with Crippen molar-refractivity contribution in [1.29, 1.82) is 0 Å². The Morgan fingerprint density at radius 2 is 2.19 bits per heavy atom. The average Bonchev–Trinajstić information content (AvgIpc) is 2.66. The second-order valence-electron chi connectivity index (χ2n) is 3.37. The Bertz CT molecular complexity index is 332. The lowest BCUT2D eigenvalue weighted by Crippen LogP contribution is -2.10. The monoisotopic (exact) mass is 265 g/mol. The molecule has 7 heteroatoms. The number of hydrogen-bond donors (Lipinski definition) is 2. The van der Waals surface area contributed by atoms with Crippen molar-refractivity contribution >= 4 is 28.7 Å². The molecule has 0 radical (unpaired) electrons. The van der Waals surface area contributed by atoms with Crippen LogP contribution in [0.25, 0.3) is 0 Å². The minimum absolute atomic E-state index is 0. The summed E-state index contributed by atoms with van der Waals surface area (Å²) >= 11 is 1.12. The van der Waals surface area contributed by atoms with Crippen molar-refractivity contribution < 1.29 is 4.92 Å². The summed E-state index contributed by atoms with van der Waals surface area (Å²) in [7, 11) is 0. The highest BCUT2D eigenvalue weighted by molar-refractivity contribution is 7.13. The summed E-state index contributed by atoms with van der Waals surface area (Å²) in [6.45, 7) is 0.663. The van der Waals surface area contributed by atoms with Gasteiger partial charge < -0.3 is 11.5 Å². The SMILES string of the molecule is Cl.NCCCC[C@@H](N)c1csc([N+](=O)[O-])c1. The average molecular weight is 266 g/mol. The van der Waals surface area contributed by atoms with Crippen LogP contribution in [0.4, 0.5) is 5.00 Å². The number of thiophene rings is 1. The van der Waals surface area contributed by atoms with Gasteiger partial charge in [-0.25, -0.2) is 0 Å². The Kier molecular flexibility index (Phi) is 7.24. The third-order valence-corrected chi connectivity index (χ3v) is 3.08. The van der Waals surface area contributed by atoms with Gasteiger partial charge in [0.1, 0.15) is 0 Å². The predicted octanol–water partition coefficient (Wildman–Crippen LogP) is 2.21. The molecule has 4 N–H and O–H groups in total. The maximum Gasteiger partial charge on any atom is 0.324 e. The van der Waals surface area contributed by atoms with Gasteiger partial charge in [0.2, 0.25) is 0 Å². The van der Waals surface area contributed by atoms with Gasteiger partial charge in [-0.3, -0.25) is 10.1 Å². The number of rotatable bonds is 6. The van der Waals surface area contributed by atoms with Gasteiger partial charge in [-0.05, 0) is 24.9 Å². The Morgan fingerprint density at radius 1 is 1.50 bits per heavy atom. The van der Waals surface area contributed by atoms with Crippen molar-refractivity contribution in [3.63, 3.8) is 0 Å². The van der Waals surface area contributed by atoms with Crippen molar-refractivity contribution in [2.24, 2.45) is 11.5 Å². The molecule has 0 bridgehead atoms. The molecule has 1 rings (SSSR count). The van der Waals surface area contributed by atoms with Gasteiger partial charge in [0, 0.05) is 17.5 Å². The second kappa shape index (κ2) is 7.56. The zero-order chi connectivity index (χ0) is 11.3. The van der Waals surface area contributed by atoms with Crippen molar-refractivity contribution in [2.75, 3.05) is 6.54 Å². The van der Waals surface area contributed by atoms with Gasteiger partial charge >= 0.3 is 5.00 Å². The molecular formula is C9H16ClN3O2S. The third-order valence-electron chi connectivity index (χ3n) is 2.18. The fourth-order valence-electron chi connectivity index (χ4n) is 1.30. The summed E-state index contributed by atoms with van der Waals surface area (Å²) < 4.78 is 0. The van der Waals surface area contributed by atoms with Gasteiger partial charge in [0.15, 0.2) is 0 Å². The van der Waals surface area contributed by atoms with E-state index in [1.165, 1.54) is 0 Å². The first-order valence-electron chi connectivity index (χ1n) is 4.83. The molecule has 1 atom stereocenters. The van der Waals surface area contributed by atoms with E-state index in [0.29, 0.717) is 6.54 Å². The molecule has 1 aromatic heterocycles. The topological polar surface area (TPSA) is 95.2 Å². The van der Waals surface area contributed by atoms with Gasteiger partial charge in [-0.2, -0.15) is 0 Å². The zero-order valence-electron chi connectivity index (χ0n) is 8.80. The van der Waals surface area contributed by atoms with Crippen molar-refractivity contribution in [3.05, 3.63) is 27.1 Å². The van der Waals surface area contributed by atoms with E-state index in [1.807, 2.05) is 0 Å². The Labute approximate surface area is 104 Å². The number of nitrogens with zero attached hydrogens (tertiary/aromatic N) is 1. The van der Waals surface area contributed by atoms with Crippen LogP contribution in [0.3, 0.4) is 0 Å². The van der Waals surface area contributed by atoms with Gasteiger partial charge in [-0.1, -0.05) is 17.8 Å². The molecule has 0 aromatic carbocycles. The van der Waals surface area contributed by atoms with Crippen molar-refractivity contribution in [3.8, 4) is 0 Å². The van der Waals surface area contributed by atoms with Gasteiger partial charge in [0.05, 0.1) is 4.92 Å². The number of nitrogens with two attached hydrogens (primary N) is 2. The number of nitro groups is 1. The van der Waals surface area contributed by atoms with Crippen LogP contribution in [-0.2, 0) is 0 Å². The smallest absolute Gasteiger partial charge is 0.324 e. The van der Waals surface area contributed by atoms with E-state index in [2.05, 4.69) is 0 Å². The van der Waals surface area contributed by atoms with Gasteiger partial charge in [0.25, 0.3) is 0 Å². The quantitative estimate of drug-likeness (QED) is 0.468. The summed E-state index contributed by atoms with van der Waals surface area (Å²) in [4.78, 5) is 10.1. The van der Waals surface area contributed by atoms with Crippen LogP contribution >= 0.6 is 23.7 Å². The lowest BCUT2D eigenvalue weighted by atomic mass is 10.1. The highest BCUT2D eigenvalue weighted by Gasteiger charge is 2.13. The van der Waals surface area contributed by atoms with Crippen LogP contribution < -0.4 is 11.5 Å². The molecule has 0 aliphatic carbocycles. The Balaban J connectivity index is 0.00000225. The maximum absolute atomic E-state index is 10.5. The Hall–Kier alpha value is -0.690. The number of halogens is 1. The summed E-state index contributed by atoms with van der Waals surface area (Å²) in [5, 5.41) is 12.4. The molecular weight excluding hydrogens is 250 g/mol. The van der Waals surface area contributed by atoms with E-state index in [-0.39, 0.29) is 28.4 Å². The number of unbranched alkanes of at least 4 members (excludes halogenated alkanes) is 1. The minimum Gasteiger partial charge on any atom is -0.330 e. The maximum atomic E-state index is 10.5. The first kappa shape index (κ1) is 15.3. The molecule has 0 saturated carbocycles. The Morgan fingerprint density at radius 3 is 2.69 bits per heavy atom. The molecule has 16 heavy (non-hydrogen) atoms. The van der Waals surface area contributed by atoms with E-state index in [0.717, 1.165) is 36.2 Å². The van der Waals surface area contributed by atoms with Crippen LogP contribution in [0.5, 0.6) is 0 Å². The zero-order valence-corrected chi connectivity index (χ0v) is 10.4. The van der Waals surface area contributed by atoms with E-state index >= 15 is 0 Å². The third kappa shape index (κ3) is 4.44. The highest BCUT2D eigenvalue weighted by Crippen LogP contribution is 2.27. The van der Waals surface area contributed by atoms with Crippen molar-refractivity contribution in [2.45, 2.75) is 25.3 Å². The second-order valence-corrected chi connectivity index (χ2v) is 4.26. The lowest BCUT2D eigenvalue weighted by molar-refractivity contribution is -0.380. The molecule has 0 unspecified atom stereocenters. The molecule has 5 nitrogen and oxygen atoms in total. The molecule has 1 heterocycles. The van der Waals surface area contributed by atoms with Crippen LogP contribution in [0.15, 0.2) is 11.4 Å². The van der Waals surface area contributed by atoms with E-state index in [4.69, 9.17) is 11.5 Å². The number of hydrogen-bond acceptors (Lipinski definition) is 5. The van der Waals surface area contributed by atoms with Crippen LogP contribution in [0.1, 0.15) is 30.9 Å². The summed E-state index contributed by atoms with van der Waals surface area (Å²) in [6, 6.07) is 1.44. The molecule has 1 aromatic rings. The van der Waals surface area contributed by atoms with E-state index < -0.39 is 0 Å². The van der Waals surface area contributed by atoms with Crippen LogP contribution in [0.2, 0.25) is 0 Å². The minimum atomic E-state index is -0.388. The highest BCUT2D eigenvalue weighted by atomic mass is 35.5. The van der Waals surface area contributed by atoms with Gasteiger partial charge in [-0.15, -0.1) is 12.4 Å². The molecule has 0 aliphatic heterocycles. The van der Waals surface area contributed by atoms with E-state index in [1.54, 1.807) is 11.4 Å². The summed E-state index contributed by atoms with van der Waals surface area (Å²) in [6.07, 6.45) is 2.73. The first-order valence-corrected chi connectivity index (χ1v) is 5.71. The summed E-state index contributed by atoms with van der Waals surface area (Å²) in [5.41, 5.74) is 12.1. The predicted molar refractivity (Wildman–Crippen MR) is 68.1 cm³/mol. The molecule has 0 fully saturated rings. The standard InChI is InChI=1S/C9H15N3O2S.ClH/c10-4-2-1-3-8(11)7-5-9(12(13)14)15-6-7;/h5-6,8H,1-4,10-11H2;1H/t8-;/m1./s1. The fourth-order valence-corrected chi connectivity index (χ4v) is 2.09. The largest absolute Gasteiger partial charge is 0.330 e. The van der Waals surface area contributed by atoms with E-state index in [9.17, 15) is 10.1 Å².